The number of nitriles is 1. The van der Waals surface area contributed by atoms with Gasteiger partial charge in [-0.15, -0.1) is 0 Å². The Morgan fingerprint density at radius 2 is 0.583 bits per heavy atom. The summed E-state index contributed by atoms with van der Waals surface area (Å²) in [6.07, 6.45) is -10.3. The van der Waals surface area contributed by atoms with Gasteiger partial charge in [0.25, 0.3) is 0 Å². The molecule has 0 amide bonds. The smallest absolute Gasteiger partial charge is 0.309 e. The minimum atomic E-state index is -5.14. The maximum atomic E-state index is 15.2. The summed E-state index contributed by atoms with van der Waals surface area (Å²) < 4.78 is 94.8. The van der Waals surface area contributed by atoms with E-state index in [0.29, 0.717) is 22.1 Å². The van der Waals surface area contributed by atoms with E-state index in [1.54, 1.807) is 12.1 Å². The number of aromatic nitrogens is 2. The summed E-state index contributed by atoms with van der Waals surface area (Å²) in [6.45, 7) is 25.0. The highest BCUT2D eigenvalue weighted by molar-refractivity contribution is 6.14. The first-order valence-electron chi connectivity index (χ1n) is 28.2. The average Bonchev–Trinajstić information content (AvgIpc) is 3.90. The SMILES string of the molecule is Cc1cc(C)c(-c2ccc3c(c2)c2cc(-c4c(C)cc(C)cc4C)ccc2n3-c2cc(-c3cc(C(F)(F)F)cc(C(F)(F)F)c3)c(-n3c4ccc(-c5c(C)cc(C)cc5C)cc4c4cc(-c5c(C)cc(C)cc5C)ccc43)cc2C#N)c(C)c1. The average molecular weight is 1120 g/mol. The second-order valence-electron chi connectivity index (χ2n) is 23.5. The Kier molecular flexibility index (Phi) is 13.2. The second kappa shape index (κ2) is 20.1. The molecule has 418 valence electrons. The van der Waals surface area contributed by atoms with Crippen molar-refractivity contribution in [3.63, 3.8) is 0 Å². The molecule has 0 saturated heterocycles. The number of rotatable bonds is 7. The fourth-order valence-electron chi connectivity index (χ4n) is 14.1. The van der Waals surface area contributed by atoms with Gasteiger partial charge in [-0.1, -0.05) is 95.1 Å². The molecule has 0 bridgehead atoms. The molecule has 0 aliphatic carbocycles. The fourth-order valence-corrected chi connectivity index (χ4v) is 14.1. The van der Waals surface area contributed by atoms with Gasteiger partial charge in [-0.2, -0.15) is 31.6 Å². The summed E-state index contributed by atoms with van der Waals surface area (Å²) in [5.41, 5.74) is 21.6. The summed E-state index contributed by atoms with van der Waals surface area (Å²) in [5, 5.41) is 15.0. The van der Waals surface area contributed by atoms with Gasteiger partial charge in [-0.25, -0.2) is 0 Å². The summed E-state index contributed by atoms with van der Waals surface area (Å²) in [7, 11) is 0. The van der Waals surface area contributed by atoms with E-state index >= 15 is 26.3 Å². The van der Waals surface area contributed by atoms with Gasteiger partial charge in [-0.05, 0) is 257 Å². The lowest BCUT2D eigenvalue weighted by atomic mass is 9.91. The van der Waals surface area contributed by atoms with Crippen molar-refractivity contribution in [1.82, 2.24) is 9.13 Å². The van der Waals surface area contributed by atoms with Crippen molar-refractivity contribution in [2.75, 3.05) is 0 Å². The van der Waals surface area contributed by atoms with Crippen LogP contribution in [0.15, 0.2) is 152 Å². The Bertz CT molecular complexity index is 4480. The Morgan fingerprint density at radius 1 is 0.310 bits per heavy atom. The van der Waals surface area contributed by atoms with Crippen LogP contribution in [0.25, 0.3) is 111 Å². The number of halogens is 6. The van der Waals surface area contributed by atoms with E-state index in [1.807, 2.05) is 57.7 Å². The lowest BCUT2D eigenvalue weighted by molar-refractivity contribution is -0.143. The van der Waals surface area contributed by atoms with Gasteiger partial charge in [0, 0.05) is 27.1 Å². The third-order valence-corrected chi connectivity index (χ3v) is 17.0. The Balaban J connectivity index is 1.21. The van der Waals surface area contributed by atoms with Gasteiger partial charge in [-0.3, -0.25) is 0 Å². The van der Waals surface area contributed by atoms with E-state index in [9.17, 15) is 5.26 Å². The molecule has 2 heterocycles. The maximum Gasteiger partial charge on any atom is 0.416 e. The number of aryl methyl sites for hydroxylation is 12. The van der Waals surface area contributed by atoms with Crippen molar-refractivity contribution < 1.29 is 26.3 Å². The molecule has 0 fully saturated rings. The molecule has 10 aromatic carbocycles. The molecule has 12 aromatic rings. The largest absolute Gasteiger partial charge is 0.416 e. The molecule has 0 aliphatic heterocycles. The van der Waals surface area contributed by atoms with Crippen LogP contribution in [0.4, 0.5) is 26.3 Å². The monoisotopic (exact) mass is 1120 g/mol. The lowest BCUT2D eigenvalue weighted by Crippen LogP contribution is -2.11. The third kappa shape index (κ3) is 9.33. The van der Waals surface area contributed by atoms with Crippen molar-refractivity contribution >= 4 is 43.6 Å². The first kappa shape index (κ1) is 55.4. The normalized spacial score (nSPS) is 12.2. The standard InChI is InChI=1S/C75H61F6N3/c1-39-21-43(5)70(44(6)22-39)51-13-17-64-60(31-51)61-32-52(71-45(7)23-40(2)24-46(71)8)14-18-65(61)83(64)68-37-59(55-29-57(74(76,77)78)36-58(30-55)75(79,80)81)69(35-56(68)38-82)84-66-19-15-53(72-47(9)25-41(3)26-48(72)10)33-62(66)63-34-54(16-20-67(63)84)73-49(11)27-42(4)28-50(73)12/h13-37H,1-12H3. The van der Waals surface area contributed by atoms with Crippen LogP contribution in [0.1, 0.15) is 83.5 Å². The lowest BCUT2D eigenvalue weighted by Gasteiger charge is -2.21. The molecule has 3 nitrogen and oxygen atoms in total. The molecule has 0 aliphatic rings. The van der Waals surface area contributed by atoms with Gasteiger partial charge in [0.2, 0.25) is 0 Å². The predicted octanol–water partition coefficient (Wildman–Crippen LogP) is 21.8. The minimum absolute atomic E-state index is 0.0584. The highest BCUT2D eigenvalue weighted by atomic mass is 19.4. The van der Waals surface area contributed by atoms with Crippen LogP contribution < -0.4 is 0 Å². The van der Waals surface area contributed by atoms with Crippen LogP contribution >= 0.6 is 0 Å². The number of benzene rings is 10. The minimum Gasteiger partial charge on any atom is -0.309 e. The summed E-state index contributed by atoms with van der Waals surface area (Å²) in [4.78, 5) is 0. The van der Waals surface area contributed by atoms with Crippen molar-refractivity contribution in [2.45, 2.75) is 95.4 Å². The topological polar surface area (TPSA) is 33.6 Å². The zero-order valence-corrected chi connectivity index (χ0v) is 49.0. The molecule has 9 heteroatoms. The predicted molar refractivity (Wildman–Crippen MR) is 334 cm³/mol. The second-order valence-corrected chi connectivity index (χ2v) is 23.5. The number of nitrogens with zero attached hydrogens (tertiary/aromatic N) is 3. The molecule has 12 rings (SSSR count). The number of fused-ring (bicyclic) bond motifs is 6. The zero-order chi connectivity index (χ0) is 59.7. The maximum absolute atomic E-state index is 15.2. The van der Waals surface area contributed by atoms with E-state index in [2.05, 4.69) is 162 Å². The zero-order valence-electron chi connectivity index (χ0n) is 49.0. The summed E-state index contributed by atoms with van der Waals surface area (Å²) >= 11 is 0. The Hall–Kier alpha value is -9.13. The number of hydrogen-bond acceptors (Lipinski definition) is 1. The van der Waals surface area contributed by atoms with Gasteiger partial charge in [0.05, 0.1) is 50.1 Å². The molecule has 0 radical (unpaired) electrons. The van der Waals surface area contributed by atoms with Gasteiger partial charge >= 0.3 is 12.4 Å². The van der Waals surface area contributed by atoms with E-state index in [0.717, 1.165) is 145 Å². The highest BCUT2D eigenvalue weighted by Crippen LogP contribution is 2.47. The number of hydrogen-bond donors (Lipinski definition) is 0. The molecule has 0 N–H and O–H groups in total. The molecule has 84 heavy (non-hydrogen) atoms. The van der Waals surface area contributed by atoms with Crippen LogP contribution in [0.2, 0.25) is 0 Å². The van der Waals surface area contributed by atoms with Crippen LogP contribution in [0.3, 0.4) is 0 Å². The van der Waals surface area contributed by atoms with E-state index in [1.165, 1.54) is 0 Å². The Morgan fingerprint density at radius 3 is 0.845 bits per heavy atom. The van der Waals surface area contributed by atoms with Crippen molar-refractivity contribution in [1.29, 1.82) is 5.26 Å². The van der Waals surface area contributed by atoms with Crippen LogP contribution in [0, 0.1) is 94.4 Å². The van der Waals surface area contributed by atoms with Gasteiger partial charge in [0.1, 0.15) is 6.07 Å². The van der Waals surface area contributed by atoms with Crippen molar-refractivity contribution in [3.05, 3.63) is 235 Å². The Labute approximate surface area is 485 Å². The molecule has 0 unspecified atom stereocenters. The first-order chi connectivity index (χ1) is 39.8. The molecular formula is C75H61F6N3. The van der Waals surface area contributed by atoms with Crippen molar-refractivity contribution in [2.24, 2.45) is 0 Å². The van der Waals surface area contributed by atoms with E-state index in [-0.39, 0.29) is 34.1 Å². The van der Waals surface area contributed by atoms with Crippen molar-refractivity contribution in [3.8, 4) is 73.1 Å². The highest BCUT2D eigenvalue weighted by Gasteiger charge is 2.38. The molecule has 0 saturated carbocycles. The quantitative estimate of drug-likeness (QED) is 0.146. The molecular weight excluding hydrogens is 1060 g/mol. The van der Waals surface area contributed by atoms with E-state index in [4.69, 9.17) is 0 Å². The van der Waals surface area contributed by atoms with E-state index < -0.39 is 23.5 Å². The molecule has 0 atom stereocenters. The summed E-state index contributed by atoms with van der Waals surface area (Å²) in [6, 6.07) is 49.3. The third-order valence-electron chi connectivity index (χ3n) is 17.0. The van der Waals surface area contributed by atoms with Crippen LogP contribution in [0.5, 0.6) is 0 Å². The molecule has 0 spiro atoms. The van der Waals surface area contributed by atoms with Gasteiger partial charge in [0.15, 0.2) is 0 Å². The van der Waals surface area contributed by atoms with Crippen LogP contribution in [-0.2, 0) is 12.4 Å². The summed E-state index contributed by atoms with van der Waals surface area (Å²) in [5.74, 6) is 0. The molecule has 2 aromatic heterocycles. The number of alkyl halides is 6. The van der Waals surface area contributed by atoms with Gasteiger partial charge < -0.3 is 9.13 Å². The fraction of sp³-hybridized carbons (Fsp3) is 0.187. The first-order valence-corrected chi connectivity index (χ1v) is 28.2. The van der Waals surface area contributed by atoms with Crippen LogP contribution in [-0.4, -0.2) is 9.13 Å².